The van der Waals surface area contributed by atoms with Gasteiger partial charge in [0.25, 0.3) is 0 Å². The Morgan fingerprint density at radius 3 is 2.74 bits per heavy atom. The molecule has 0 aliphatic heterocycles. The zero-order chi connectivity index (χ0) is 13.8. The summed E-state index contributed by atoms with van der Waals surface area (Å²) >= 11 is 0. The molecule has 0 aliphatic carbocycles. The highest BCUT2D eigenvalue weighted by molar-refractivity contribution is 5.78. The number of rotatable bonds is 5. The van der Waals surface area contributed by atoms with Gasteiger partial charge in [-0.05, 0) is 30.5 Å². The van der Waals surface area contributed by atoms with Gasteiger partial charge >= 0.3 is 0 Å². The van der Waals surface area contributed by atoms with Gasteiger partial charge < -0.3 is 9.84 Å². The molecule has 2 unspecified atom stereocenters. The summed E-state index contributed by atoms with van der Waals surface area (Å²) in [4.78, 5) is 4.32. The Bertz CT molecular complexity index is 539. The van der Waals surface area contributed by atoms with Crippen molar-refractivity contribution in [2.45, 2.75) is 33.0 Å². The molecule has 0 fully saturated rings. The highest BCUT2D eigenvalue weighted by Crippen LogP contribution is 2.26. The lowest BCUT2D eigenvalue weighted by molar-refractivity contribution is -0.0585. The number of hydrogen-bond acceptors (Lipinski definition) is 3. The van der Waals surface area contributed by atoms with E-state index in [9.17, 15) is 5.11 Å². The Morgan fingerprint density at radius 1 is 1.26 bits per heavy atom. The third kappa shape index (κ3) is 3.11. The van der Waals surface area contributed by atoms with Gasteiger partial charge in [-0.3, -0.25) is 4.98 Å². The summed E-state index contributed by atoms with van der Waals surface area (Å²) < 4.78 is 5.66. The third-order valence-electron chi connectivity index (χ3n) is 3.30. The van der Waals surface area contributed by atoms with E-state index in [2.05, 4.69) is 18.8 Å². The standard InChI is InChI=1S/C16H21NO2/c1-4-19-16(11(2)3)15(18)13-8-7-12-6-5-9-17-14(12)10-13/h5-11,15-16,18H,4H2,1-3H3. The van der Waals surface area contributed by atoms with Gasteiger partial charge in [-0.15, -0.1) is 0 Å². The first-order chi connectivity index (χ1) is 9.13. The van der Waals surface area contributed by atoms with E-state index in [0.29, 0.717) is 6.61 Å². The monoisotopic (exact) mass is 259 g/mol. The van der Waals surface area contributed by atoms with Crippen LogP contribution < -0.4 is 0 Å². The molecule has 0 bridgehead atoms. The number of aliphatic hydroxyl groups excluding tert-OH is 1. The summed E-state index contributed by atoms with van der Waals surface area (Å²) in [5.74, 6) is 0.259. The summed E-state index contributed by atoms with van der Waals surface area (Å²) in [6.07, 6.45) is 0.957. The van der Waals surface area contributed by atoms with Gasteiger partial charge in [0.2, 0.25) is 0 Å². The Kier molecular flexibility index (Phi) is 4.51. The third-order valence-corrected chi connectivity index (χ3v) is 3.30. The smallest absolute Gasteiger partial charge is 0.105 e. The first-order valence-corrected chi connectivity index (χ1v) is 6.77. The number of fused-ring (bicyclic) bond motifs is 1. The van der Waals surface area contributed by atoms with Gasteiger partial charge in [0.05, 0.1) is 11.6 Å². The fourth-order valence-corrected chi connectivity index (χ4v) is 2.30. The van der Waals surface area contributed by atoms with Crippen molar-refractivity contribution in [2.24, 2.45) is 5.92 Å². The van der Waals surface area contributed by atoms with Crippen molar-refractivity contribution in [1.82, 2.24) is 4.98 Å². The van der Waals surface area contributed by atoms with Gasteiger partial charge in [-0.2, -0.15) is 0 Å². The maximum atomic E-state index is 10.5. The molecule has 1 N–H and O–H groups in total. The normalized spacial score (nSPS) is 14.8. The molecule has 0 saturated heterocycles. The SMILES string of the molecule is CCOC(C(C)C)C(O)c1ccc2cccnc2c1. The van der Waals surface area contributed by atoms with E-state index in [-0.39, 0.29) is 12.0 Å². The van der Waals surface area contributed by atoms with Crippen LogP contribution in [0.3, 0.4) is 0 Å². The molecule has 2 aromatic rings. The highest BCUT2D eigenvalue weighted by atomic mass is 16.5. The predicted molar refractivity (Wildman–Crippen MR) is 77.0 cm³/mol. The topological polar surface area (TPSA) is 42.4 Å². The van der Waals surface area contributed by atoms with Crippen LogP contribution in [0.1, 0.15) is 32.4 Å². The second-order valence-electron chi connectivity index (χ2n) is 5.06. The lowest BCUT2D eigenvalue weighted by Gasteiger charge is -2.26. The Labute approximate surface area is 114 Å². The fraction of sp³-hybridized carbons (Fsp3) is 0.438. The molecule has 0 radical (unpaired) electrons. The van der Waals surface area contributed by atoms with E-state index >= 15 is 0 Å². The zero-order valence-corrected chi connectivity index (χ0v) is 11.7. The molecule has 2 rings (SSSR count). The van der Waals surface area contributed by atoms with Crippen LogP contribution in [0, 0.1) is 5.92 Å². The lowest BCUT2D eigenvalue weighted by atomic mass is 9.95. The maximum absolute atomic E-state index is 10.5. The van der Waals surface area contributed by atoms with Crippen LogP contribution >= 0.6 is 0 Å². The number of nitrogens with zero attached hydrogens (tertiary/aromatic N) is 1. The van der Waals surface area contributed by atoms with Crippen LogP contribution in [0.4, 0.5) is 0 Å². The van der Waals surface area contributed by atoms with Crippen molar-refractivity contribution in [2.75, 3.05) is 6.61 Å². The summed E-state index contributed by atoms with van der Waals surface area (Å²) in [5, 5.41) is 11.6. The quantitative estimate of drug-likeness (QED) is 0.895. The molecule has 3 heteroatoms. The first-order valence-electron chi connectivity index (χ1n) is 6.77. The molecule has 0 spiro atoms. The second kappa shape index (κ2) is 6.13. The van der Waals surface area contributed by atoms with Crippen molar-refractivity contribution in [1.29, 1.82) is 0 Å². The molecule has 19 heavy (non-hydrogen) atoms. The van der Waals surface area contributed by atoms with Gasteiger partial charge in [-0.25, -0.2) is 0 Å². The molecular weight excluding hydrogens is 238 g/mol. The molecule has 102 valence electrons. The Balaban J connectivity index is 2.31. The minimum Gasteiger partial charge on any atom is -0.386 e. The van der Waals surface area contributed by atoms with E-state index in [1.165, 1.54) is 0 Å². The number of ether oxygens (including phenoxy) is 1. The number of aliphatic hydroxyl groups is 1. The van der Waals surface area contributed by atoms with E-state index in [1.54, 1.807) is 6.20 Å². The van der Waals surface area contributed by atoms with Crippen molar-refractivity contribution in [3.05, 3.63) is 42.1 Å². The van der Waals surface area contributed by atoms with Crippen molar-refractivity contribution in [3.63, 3.8) is 0 Å². The second-order valence-corrected chi connectivity index (χ2v) is 5.06. The first kappa shape index (κ1) is 14.0. The maximum Gasteiger partial charge on any atom is 0.105 e. The summed E-state index contributed by atoms with van der Waals surface area (Å²) in [7, 11) is 0. The van der Waals surface area contributed by atoms with Crippen LogP contribution in [0.15, 0.2) is 36.5 Å². The number of benzene rings is 1. The van der Waals surface area contributed by atoms with Crippen LogP contribution in [-0.2, 0) is 4.74 Å². The van der Waals surface area contributed by atoms with Crippen molar-refractivity contribution < 1.29 is 9.84 Å². The van der Waals surface area contributed by atoms with E-state index < -0.39 is 6.10 Å². The molecule has 3 nitrogen and oxygen atoms in total. The van der Waals surface area contributed by atoms with E-state index in [0.717, 1.165) is 16.5 Å². The number of hydrogen-bond donors (Lipinski definition) is 1. The molecular formula is C16H21NO2. The minimum absolute atomic E-state index is 0.189. The molecule has 1 heterocycles. The molecule has 0 amide bonds. The van der Waals surface area contributed by atoms with Crippen LogP contribution in [-0.4, -0.2) is 22.8 Å². The summed E-state index contributed by atoms with van der Waals surface area (Å²) in [5.41, 5.74) is 1.76. The lowest BCUT2D eigenvalue weighted by Crippen LogP contribution is -2.27. The van der Waals surface area contributed by atoms with Gasteiger partial charge in [-0.1, -0.05) is 32.0 Å². The van der Waals surface area contributed by atoms with Gasteiger partial charge in [0.15, 0.2) is 0 Å². The average molecular weight is 259 g/mol. The summed E-state index contributed by atoms with van der Waals surface area (Å²) in [6.45, 7) is 6.67. The Morgan fingerprint density at radius 2 is 2.05 bits per heavy atom. The zero-order valence-electron chi connectivity index (χ0n) is 11.7. The van der Waals surface area contributed by atoms with Crippen LogP contribution in [0.5, 0.6) is 0 Å². The van der Waals surface area contributed by atoms with Crippen molar-refractivity contribution >= 4 is 10.9 Å². The largest absolute Gasteiger partial charge is 0.386 e. The van der Waals surface area contributed by atoms with Gasteiger partial charge in [0, 0.05) is 18.2 Å². The molecule has 1 aromatic heterocycles. The van der Waals surface area contributed by atoms with E-state index in [1.807, 2.05) is 37.3 Å². The number of aromatic nitrogens is 1. The fourth-order valence-electron chi connectivity index (χ4n) is 2.30. The minimum atomic E-state index is -0.619. The average Bonchev–Trinajstić information content (AvgIpc) is 2.43. The number of pyridine rings is 1. The van der Waals surface area contributed by atoms with Crippen molar-refractivity contribution in [3.8, 4) is 0 Å². The predicted octanol–water partition coefficient (Wildman–Crippen LogP) is 3.33. The molecule has 2 atom stereocenters. The van der Waals surface area contributed by atoms with Crippen LogP contribution in [0.25, 0.3) is 10.9 Å². The molecule has 0 saturated carbocycles. The Hall–Kier alpha value is -1.45. The van der Waals surface area contributed by atoms with E-state index in [4.69, 9.17) is 4.74 Å². The summed E-state index contributed by atoms with van der Waals surface area (Å²) in [6, 6.07) is 9.80. The highest BCUT2D eigenvalue weighted by Gasteiger charge is 2.24. The van der Waals surface area contributed by atoms with Gasteiger partial charge in [0.1, 0.15) is 6.10 Å². The molecule has 1 aromatic carbocycles. The van der Waals surface area contributed by atoms with Crippen LogP contribution in [0.2, 0.25) is 0 Å². The molecule has 0 aliphatic rings.